The number of nitrogens with one attached hydrogen (secondary N) is 1. The van der Waals surface area contributed by atoms with Crippen LogP contribution in [-0.2, 0) is 10.0 Å². The third kappa shape index (κ3) is 2.99. The Morgan fingerprint density at radius 3 is 2.60 bits per heavy atom. The molecule has 0 bridgehead atoms. The molecule has 0 radical (unpaired) electrons. The van der Waals surface area contributed by atoms with Crippen molar-refractivity contribution in [2.45, 2.75) is 37.5 Å². The Labute approximate surface area is 127 Å². The lowest BCUT2D eigenvalue weighted by Crippen LogP contribution is -2.41. The maximum atomic E-state index is 14.0. The Hall–Kier alpha value is -0.660. The van der Waals surface area contributed by atoms with Gasteiger partial charge in [0.05, 0.1) is 4.47 Å². The molecule has 20 heavy (non-hydrogen) atoms. The minimum atomic E-state index is -3.89. The number of hydrogen-bond acceptors (Lipinski definition) is 3. The molecule has 0 aromatic heterocycles. The van der Waals surface area contributed by atoms with E-state index < -0.39 is 20.7 Å². The third-order valence-corrected chi connectivity index (χ3v) is 6.09. The van der Waals surface area contributed by atoms with Crippen LogP contribution in [-0.4, -0.2) is 15.0 Å². The average molecular weight is 365 g/mol. The van der Waals surface area contributed by atoms with Gasteiger partial charge in [-0.3, -0.25) is 0 Å². The molecule has 4 nitrogen and oxygen atoms in total. The third-order valence-electron chi connectivity index (χ3n) is 4.11. The highest BCUT2D eigenvalue weighted by Crippen LogP contribution is 2.43. The molecule has 0 aliphatic heterocycles. The summed E-state index contributed by atoms with van der Waals surface area (Å²) in [5.74, 6) is -0.814. The Bertz CT molecular complexity index is 610. The molecule has 1 aliphatic rings. The lowest BCUT2D eigenvalue weighted by molar-refractivity contribution is 0.133. The number of anilines is 1. The van der Waals surface area contributed by atoms with Crippen LogP contribution in [0.3, 0.4) is 0 Å². The van der Waals surface area contributed by atoms with Gasteiger partial charge in [0.25, 0.3) is 0 Å². The minimum absolute atomic E-state index is 0.0289. The molecule has 1 aromatic rings. The van der Waals surface area contributed by atoms with Gasteiger partial charge in [-0.25, -0.2) is 17.5 Å². The van der Waals surface area contributed by atoms with Crippen molar-refractivity contribution in [1.82, 2.24) is 4.72 Å². The normalized spacial score (nSPS) is 17.8. The van der Waals surface area contributed by atoms with Crippen LogP contribution in [0.5, 0.6) is 0 Å². The summed E-state index contributed by atoms with van der Waals surface area (Å²) in [7, 11) is -3.89. The van der Waals surface area contributed by atoms with Crippen molar-refractivity contribution in [3.05, 3.63) is 22.4 Å². The predicted molar refractivity (Wildman–Crippen MR) is 80.3 cm³/mol. The number of rotatable bonds is 5. The average Bonchev–Trinajstić information content (AvgIpc) is 2.32. The molecule has 2 rings (SSSR count). The summed E-state index contributed by atoms with van der Waals surface area (Å²) in [5.41, 5.74) is 5.81. The van der Waals surface area contributed by atoms with Crippen molar-refractivity contribution < 1.29 is 12.8 Å². The Morgan fingerprint density at radius 2 is 2.10 bits per heavy atom. The number of sulfonamides is 1. The van der Waals surface area contributed by atoms with Crippen molar-refractivity contribution in [3.8, 4) is 0 Å². The molecule has 0 amide bonds. The number of nitrogen functional groups attached to an aromatic ring is 1. The van der Waals surface area contributed by atoms with E-state index in [1.165, 1.54) is 6.07 Å². The highest BCUT2D eigenvalue weighted by atomic mass is 79.9. The van der Waals surface area contributed by atoms with Crippen molar-refractivity contribution in [3.63, 3.8) is 0 Å². The summed E-state index contributed by atoms with van der Waals surface area (Å²) in [6.07, 6.45) is 4.05. The first-order chi connectivity index (χ1) is 9.30. The molecule has 0 saturated heterocycles. The molecular weight excluding hydrogens is 347 g/mol. The van der Waals surface area contributed by atoms with Crippen molar-refractivity contribution in [2.24, 2.45) is 5.41 Å². The fraction of sp³-hybridized carbons (Fsp3) is 0.538. The fourth-order valence-corrected chi connectivity index (χ4v) is 4.34. The van der Waals surface area contributed by atoms with Crippen LogP contribution in [0.15, 0.2) is 21.5 Å². The second kappa shape index (κ2) is 5.61. The predicted octanol–water partition coefficient (Wildman–Crippen LogP) is 3.03. The molecule has 3 N–H and O–H groups in total. The van der Waals surface area contributed by atoms with Gasteiger partial charge in [-0.1, -0.05) is 13.3 Å². The van der Waals surface area contributed by atoms with E-state index in [0.717, 1.165) is 31.7 Å². The quantitative estimate of drug-likeness (QED) is 0.788. The molecule has 7 heteroatoms. The first kappa shape index (κ1) is 15.7. The van der Waals surface area contributed by atoms with Gasteiger partial charge < -0.3 is 5.73 Å². The van der Waals surface area contributed by atoms with Gasteiger partial charge in [0.15, 0.2) is 5.82 Å². The van der Waals surface area contributed by atoms with Crippen molar-refractivity contribution >= 4 is 31.6 Å². The van der Waals surface area contributed by atoms with E-state index in [1.807, 2.05) is 6.92 Å². The molecule has 1 aromatic carbocycles. The summed E-state index contributed by atoms with van der Waals surface area (Å²) < 4.78 is 41.0. The van der Waals surface area contributed by atoms with Crippen LogP contribution < -0.4 is 10.5 Å². The standard InChI is InChI=1S/C13H18BrFN2O2S/c1-2-13(4-3-5-13)8-17-20(18,19)11-7-9(16)6-10(14)12(11)15/h6-7,17H,2-5,8,16H2,1H3. The lowest BCUT2D eigenvalue weighted by Gasteiger charge is -2.41. The molecular formula is C13H18BrFN2O2S. The molecule has 1 saturated carbocycles. The van der Waals surface area contributed by atoms with Crippen LogP contribution in [0.2, 0.25) is 0 Å². The fourth-order valence-electron chi connectivity index (χ4n) is 2.44. The number of halogens is 2. The number of hydrogen-bond donors (Lipinski definition) is 2. The molecule has 0 spiro atoms. The van der Waals surface area contributed by atoms with E-state index in [4.69, 9.17) is 5.73 Å². The van der Waals surface area contributed by atoms with E-state index in [0.29, 0.717) is 6.54 Å². The largest absolute Gasteiger partial charge is 0.399 e. The SMILES string of the molecule is CCC1(CNS(=O)(=O)c2cc(N)cc(Br)c2F)CCC1. The summed E-state index contributed by atoms with van der Waals surface area (Å²) >= 11 is 2.97. The van der Waals surface area contributed by atoms with E-state index in [-0.39, 0.29) is 15.6 Å². The number of nitrogens with two attached hydrogens (primary N) is 1. The smallest absolute Gasteiger partial charge is 0.243 e. The van der Waals surface area contributed by atoms with Crippen molar-refractivity contribution in [1.29, 1.82) is 0 Å². The van der Waals surface area contributed by atoms with Gasteiger partial charge in [0.1, 0.15) is 4.90 Å². The summed E-state index contributed by atoms with van der Waals surface area (Å²) in [6.45, 7) is 2.39. The first-order valence-corrected chi connectivity index (χ1v) is 8.81. The highest BCUT2D eigenvalue weighted by molar-refractivity contribution is 9.10. The van der Waals surface area contributed by atoms with E-state index in [9.17, 15) is 12.8 Å². The molecule has 0 heterocycles. The maximum absolute atomic E-state index is 14.0. The van der Waals surface area contributed by atoms with Crippen LogP contribution in [0.4, 0.5) is 10.1 Å². The second-order valence-electron chi connectivity index (χ2n) is 5.35. The minimum Gasteiger partial charge on any atom is -0.399 e. The Kier molecular flexibility index (Phi) is 4.41. The first-order valence-electron chi connectivity index (χ1n) is 6.54. The van der Waals surface area contributed by atoms with Crippen LogP contribution in [0.25, 0.3) is 0 Å². The zero-order valence-electron chi connectivity index (χ0n) is 11.2. The van der Waals surface area contributed by atoms with Gasteiger partial charge in [-0.15, -0.1) is 0 Å². The zero-order chi connectivity index (χ0) is 15.0. The van der Waals surface area contributed by atoms with Gasteiger partial charge in [0, 0.05) is 12.2 Å². The summed E-state index contributed by atoms with van der Waals surface area (Å²) in [4.78, 5) is -0.407. The topological polar surface area (TPSA) is 72.2 Å². The molecule has 112 valence electrons. The summed E-state index contributed by atoms with van der Waals surface area (Å²) in [5, 5.41) is 0. The monoisotopic (exact) mass is 364 g/mol. The number of benzene rings is 1. The zero-order valence-corrected chi connectivity index (χ0v) is 13.7. The summed E-state index contributed by atoms with van der Waals surface area (Å²) in [6, 6.07) is 2.48. The van der Waals surface area contributed by atoms with Crippen LogP contribution >= 0.6 is 15.9 Å². The lowest BCUT2D eigenvalue weighted by atomic mass is 9.67. The van der Waals surface area contributed by atoms with Crippen LogP contribution in [0.1, 0.15) is 32.6 Å². The molecule has 1 aliphatic carbocycles. The van der Waals surface area contributed by atoms with Gasteiger partial charge in [-0.2, -0.15) is 0 Å². The van der Waals surface area contributed by atoms with E-state index in [1.54, 1.807) is 0 Å². The van der Waals surface area contributed by atoms with E-state index in [2.05, 4.69) is 20.7 Å². The van der Waals surface area contributed by atoms with Crippen LogP contribution in [0, 0.1) is 11.2 Å². The maximum Gasteiger partial charge on any atom is 0.243 e. The van der Waals surface area contributed by atoms with Gasteiger partial charge in [-0.05, 0) is 52.7 Å². The Morgan fingerprint density at radius 1 is 1.45 bits per heavy atom. The molecule has 1 fully saturated rings. The molecule has 0 unspecified atom stereocenters. The van der Waals surface area contributed by atoms with Crippen molar-refractivity contribution in [2.75, 3.05) is 12.3 Å². The van der Waals surface area contributed by atoms with Gasteiger partial charge >= 0.3 is 0 Å². The second-order valence-corrected chi connectivity index (χ2v) is 7.94. The molecule has 0 atom stereocenters. The van der Waals surface area contributed by atoms with Gasteiger partial charge in [0.2, 0.25) is 10.0 Å². The Balaban J connectivity index is 2.23. The van der Waals surface area contributed by atoms with E-state index >= 15 is 0 Å². The highest BCUT2D eigenvalue weighted by Gasteiger charge is 2.36.